The fourth-order valence-corrected chi connectivity index (χ4v) is 3.46. The van der Waals surface area contributed by atoms with E-state index in [0.717, 1.165) is 0 Å². The Morgan fingerprint density at radius 1 is 1.08 bits per heavy atom. The van der Waals surface area contributed by atoms with Gasteiger partial charge in [0, 0.05) is 38.2 Å². The number of aromatic carboxylic acids is 1. The maximum Gasteiger partial charge on any atom is 0.335 e. The van der Waals surface area contributed by atoms with E-state index in [1.807, 2.05) is 0 Å². The first-order valence-corrected chi connectivity index (χ1v) is 8.31. The number of carbonyl (C=O) groups is 1. The lowest BCUT2D eigenvalue weighted by Crippen LogP contribution is -2.06. The number of aromatic amines is 2. The van der Waals surface area contributed by atoms with E-state index in [0.29, 0.717) is 43.2 Å². The van der Waals surface area contributed by atoms with E-state index in [4.69, 9.17) is 23.2 Å². The highest BCUT2D eigenvalue weighted by molar-refractivity contribution is 6.35. The molecule has 0 saturated carbocycles. The van der Waals surface area contributed by atoms with Crippen LogP contribution in [0.1, 0.15) is 10.4 Å². The fraction of sp³-hybridized carbons (Fsp3) is 0. The van der Waals surface area contributed by atoms with Crippen molar-refractivity contribution in [1.29, 1.82) is 0 Å². The third-order valence-electron chi connectivity index (χ3n) is 4.03. The Kier molecular flexibility index (Phi) is 3.86. The van der Waals surface area contributed by atoms with E-state index >= 15 is 0 Å². The molecule has 4 aromatic rings. The highest BCUT2D eigenvalue weighted by Gasteiger charge is 2.14. The van der Waals surface area contributed by atoms with Gasteiger partial charge >= 0.3 is 5.97 Å². The Balaban J connectivity index is 1.98. The molecule has 2 aromatic carbocycles. The topological polar surface area (TPSA) is 98.0 Å². The van der Waals surface area contributed by atoms with Crippen LogP contribution < -0.4 is 10.9 Å². The van der Waals surface area contributed by atoms with E-state index < -0.39 is 5.97 Å². The quantitative estimate of drug-likeness (QED) is 0.407. The first-order valence-electron chi connectivity index (χ1n) is 7.56. The van der Waals surface area contributed by atoms with Crippen molar-refractivity contribution in [3.05, 3.63) is 68.6 Å². The molecule has 0 bridgehead atoms. The summed E-state index contributed by atoms with van der Waals surface area (Å²) in [6.45, 7) is 0. The molecule has 2 heterocycles. The molecule has 0 aliphatic rings. The fourth-order valence-electron chi connectivity index (χ4n) is 2.94. The predicted octanol–water partition coefficient (Wildman–Crippen LogP) is 4.76. The van der Waals surface area contributed by atoms with Crippen LogP contribution in [-0.4, -0.2) is 21.0 Å². The molecule has 2 aromatic heterocycles. The lowest BCUT2D eigenvalue weighted by molar-refractivity contribution is 0.0697. The van der Waals surface area contributed by atoms with Gasteiger partial charge < -0.3 is 20.4 Å². The molecule has 4 rings (SSSR count). The van der Waals surface area contributed by atoms with E-state index in [9.17, 15) is 14.7 Å². The minimum Gasteiger partial charge on any atom is -0.478 e. The highest BCUT2D eigenvalue weighted by Crippen LogP contribution is 2.33. The van der Waals surface area contributed by atoms with Crippen molar-refractivity contribution in [3.63, 3.8) is 0 Å². The van der Waals surface area contributed by atoms with Crippen molar-refractivity contribution in [2.75, 3.05) is 5.32 Å². The number of nitrogens with one attached hydrogen (secondary N) is 3. The Labute approximate surface area is 156 Å². The van der Waals surface area contributed by atoms with Crippen LogP contribution in [0.4, 0.5) is 11.4 Å². The second-order valence-electron chi connectivity index (χ2n) is 5.76. The van der Waals surface area contributed by atoms with Gasteiger partial charge in [-0.25, -0.2) is 4.79 Å². The van der Waals surface area contributed by atoms with Crippen LogP contribution in [0.25, 0.3) is 21.8 Å². The SMILES string of the molecule is O=C(O)c1ccc2[nH]c3c(=O)[nH]cc(Nc4cc(Cl)cc(Cl)c4)c3c2c1. The average molecular weight is 388 g/mol. The molecular formula is C18H11Cl2N3O3. The Morgan fingerprint density at radius 3 is 2.50 bits per heavy atom. The lowest BCUT2D eigenvalue weighted by atomic mass is 10.1. The van der Waals surface area contributed by atoms with E-state index in [-0.39, 0.29) is 11.1 Å². The molecule has 26 heavy (non-hydrogen) atoms. The van der Waals surface area contributed by atoms with Crippen molar-refractivity contribution >= 4 is 62.4 Å². The summed E-state index contributed by atoms with van der Waals surface area (Å²) >= 11 is 12.1. The molecular weight excluding hydrogens is 377 g/mol. The zero-order chi connectivity index (χ0) is 18.4. The molecule has 0 aliphatic carbocycles. The third kappa shape index (κ3) is 2.79. The normalized spacial score (nSPS) is 11.2. The zero-order valence-electron chi connectivity index (χ0n) is 13.1. The van der Waals surface area contributed by atoms with Crippen LogP contribution in [0.5, 0.6) is 0 Å². The maximum atomic E-state index is 12.2. The summed E-state index contributed by atoms with van der Waals surface area (Å²) < 4.78 is 0. The molecule has 8 heteroatoms. The molecule has 130 valence electrons. The number of aromatic nitrogens is 2. The van der Waals surface area contributed by atoms with Crippen molar-refractivity contribution in [3.8, 4) is 0 Å². The van der Waals surface area contributed by atoms with Gasteiger partial charge in [0.05, 0.1) is 11.3 Å². The number of fused-ring (bicyclic) bond motifs is 3. The summed E-state index contributed by atoms with van der Waals surface area (Å²) in [5.74, 6) is -1.04. The summed E-state index contributed by atoms with van der Waals surface area (Å²) in [6, 6.07) is 9.66. The summed E-state index contributed by atoms with van der Waals surface area (Å²) in [5.41, 5.74) is 2.07. The number of rotatable bonds is 3. The van der Waals surface area contributed by atoms with Gasteiger partial charge in [0.25, 0.3) is 5.56 Å². The van der Waals surface area contributed by atoms with Gasteiger partial charge in [-0.15, -0.1) is 0 Å². The van der Waals surface area contributed by atoms with E-state index in [1.54, 1.807) is 24.3 Å². The monoisotopic (exact) mass is 387 g/mol. The first-order chi connectivity index (χ1) is 12.4. The van der Waals surface area contributed by atoms with Crippen LogP contribution in [0.3, 0.4) is 0 Å². The second kappa shape index (κ2) is 6.09. The van der Waals surface area contributed by atoms with Crippen LogP contribution in [0.15, 0.2) is 47.4 Å². The molecule has 6 nitrogen and oxygen atoms in total. The van der Waals surface area contributed by atoms with Gasteiger partial charge in [-0.1, -0.05) is 23.2 Å². The molecule has 4 N–H and O–H groups in total. The summed E-state index contributed by atoms with van der Waals surface area (Å²) in [6.07, 6.45) is 1.53. The maximum absolute atomic E-state index is 12.2. The number of hydrogen-bond acceptors (Lipinski definition) is 3. The zero-order valence-corrected chi connectivity index (χ0v) is 14.6. The van der Waals surface area contributed by atoms with Gasteiger partial charge in [0.2, 0.25) is 0 Å². The number of carboxylic acid groups (broad SMARTS) is 1. The molecule has 0 unspecified atom stereocenters. The van der Waals surface area contributed by atoms with Crippen molar-refractivity contribution in [2.45, 2.75) is 0 Å². The van der Waals surface area contributed by atoms with Crippen molar-refractivity contribution in [2.24, 2.45) is 0 Å². The number of anilines is 2. The molecule has 0 aliphatic heterocycles. The Morgan fingerprint density at radius 2 is 1.81 bits per heavy atom. The number of halogens is 2. The van der Waals surface area contributed by atoms with Gasteiger partial charge in [0.15, 0.2) is 0 Å². The highest BCUT2D eigenvalue weighted by atomic mass is 35.5. The van der Waals surface area contributed by atoms with E-state index in [2.05, 4.69) is 15.3 Å². The summed E-state index contributed by atoms with van der Waals surface area (Å²) in [5, 5.41) is 14.6. The molecule has 0 spiro atoms. The predicted molar refractivity (Wildman–Crippen MR) is 103 cm³/mol. The van der Waals surface area contributed by atoms with E-state index in [1.165, 1.54) is 18.3 Å². The first kappa shape index (κ1) is 16.5. The largest absolute Gasteiger partial charge is 0.478 e. The molecule has 0 fully saturated rings. The van der Waals surface area contributed by atoms with Crippen molar-refractivity contribution < 1.29 is 9.90 Å². The van der Waals surface area contributed by atoms with Gasteiger partial charge in [-0.3, -0.25) is 4.79 Å². The van der Waals surface area contributed by atoms with Crippen LogP contribution in [-0.2, 0) is 0 Å². The third-order valence-corrected chi connectivity index (χ3v) is 4.47. The number of hydrogen-bond donors (Lipinski definition) is 4. The molecule has 0 atom stereocenters. The molecule has 0 radical (unpaired) electrons. The minimum absolute atomic E-state index is 0.135. The second-order valence-corrected chi connectivity index (χ2v) is 6.63. The summed E-state index contributed by atoms with van der Waals surface area (Å²) in [4.78, 5) is 29.2. The molecule has 0 saturated heterocycles. The minimum atomic E-state index is -1.04. The van der Waals surface area contributed by atoms with Gasteiger partial charge in [0.1, 0.15) is 5.52 Å². The van der Waals surface area contributed by atoms with Crippen molar-refractivity contribution in [1.82, 2.24) is 9.97 Å². The Bertz CT molecular complexity index is 1220. The lowest BCUT2D eigenvalue weighted by Gasteiger charge is -2.09. The van der Waals surface area contributed by atoms with Gasteiger partial charge in [-0.2, -0.15) is 0 Å². The number of benzene rings is 2. The van der Waals surface area contributed by atoms with Gasteiger partial charge in [-0.05, 0) is 36.4 Å². The molecule has 0 amide bonds. The number of carboxylic acids is 1. The van der Waals surface area contributed by atoms with Crippen LogP contribution in [0.2, 0.25) is 10.0 Å². The smallest absolute Gasteiger partial charge is 0.335 e. The average Bonchev–Trinajstić information content (AvgIpc) is 2.96. The number of H-pyrrole nitrogens is 2. The summed E-state index contributed by atoms with van der Waals surface area (Å²) in [7, 11) is 0. The van der Waals surface area contributed by atoms with Crippen LogP contribution >= 0.6 is 23.2 Å². The van der Waals surface area contributed by atoms with Crippen LogP contribution in [0, 0.1) is 0 Å². The standard InChI is InChI=1S/C18H11Cl2N3O3/c19-9-4-10(20)6-11(5-9)22-14-7-21-17(24)16-15(14)12-3-8(18(25)26)1-2-13(12)23-16/h1-7,22-23H,(H,21,24)(H,25,26). The number of pyridine rings is 1. The Hall–Kier alpha value is -2.96.